The lowest BCUT2D eigenvalue weighted by Crippen LogP contribution is -2.30. The highest BCUT2D eigenvalue weighted by atomic mass is 16.5. The highest BCUT2D eigenvalue weighted by molar-refractivity contribution is 5.77. The molecule has 0 bridgehead atoms. The molecule has 0 atom stereocenters. The lowest BCUT2D eigenvalue weighted by molar-refractivity contribution is -0.140. The predicted octanol–water partition coefficient (Wildman–Crippen LogP) is 2.67. The SMILES string of the molecule is COC(=O)CCCNC(=O)COc1ccc(-c2ccc(C#N)cc2)cc1. The van der Waals surface area contributed by atoms with Gasteiger partial charge in [0.2, 0.25) is 0 Å². The second-order valence-corrected chi connectivity index (χ2v) is 5.53. The Hall–Kier alpha value is -3.33. The van der Waals surface area contributed by atoms with E-state index in [1.54, 1.807) is 24.3 Å². The minimum atomic E-state index is -0.294. The molecule has 6 nitrogen and oxygen atoms in total. The molecule has 0 unspecified atom stereocenters. The summed E-state index contributed by atoms with van der Waals surface area (Å²) < 4.78 is 9.97. The molecule has 0 fully saturated rings. The molecule has 1 amide bonds. The molecule has 0 aliphatic rings. The van der Waals surface area contributed by atoms with Crippen molar-refractivity contribution in [2.24, 2.45) is 0 Å². The van der Waals surface area contributed by atoms with Crippen LogP contribution in [0.2, 0.25) is 0 Å². The summed E-state index contributed by atoms with van der Waals surface area (Å²) in [5, 5.41) is 11.5. The number of hydrogen-bond donors (Lipinski definition) is 1. The van der Waals surface area contributed by atoms with Crippen LogP contribution in [0.25, 0.3) is 11.1 Å². The predicted molar refractivity (Wildman–Crippen MR) is 96.3 cm³/mol. The van der Waals surface area contributed by atoms with E-state index >= 15 is 0 Å². The Morgan fingerprint density at radius 2 is 1.65 bits per heavy atom. The first-order valence-electron chi connectivity index (χ1n) is 8.19. The molecule has 134 valence electrons. The van der Waals surface area contributed by atoms with Gasteiger partial charge in [0.05, 0.1) is 18.7 Å². The Kier molecular flexibility index (Phi) is 7.19. The largest absolute Gasteiger partial charge is 0.484 e. The molecule has 0 aromatic heterocycles. The number of amides is 1. The molecule has 0 radical (unpaired) electrons. The summed E-state index contributed by atoms with van der Waals surface area (Å²) in [6.07, 6.45) is 0.798. The molecule has 2 aromatic carbocycles. The zero-order valence-electron chi connectivity index (χ0n) is 14.5. The Labute approximate surface area is 152 Å². The van der Waals surface area contributed by atoms with Crippen LogP contribution in [0.4, 0.5) is 0 Å². The third-order valence-corrected chi connectivity index (χ3v) is 3.68. The maximum absolute atomic E-state index is 11.7. The molecule has 6 heteroatoms. The van der Waals surface area contributed by atoms with Gasteiger partial charge >= 0.3 is 5.97 Å². The zero-order chi connectivity index (χ0) is 18.8. The van der Waals surface area contributed by atoms with E-state index in [2.05, 4.69) is 16.1 Å². The van der Waals surface area contributed by atoms with Crippen molar-refractivity contribution in [2.75, 3.05) is 20.3 Å². The van der Waals surface area contributed by atoms with Crippen molar-refractivity contribution in [3.05, 3.63) is 54.1 Å². The standard InChI is InChI=1S/C20H20N2O4/c1-25-20(24)3-2-12-22-19(23)14-26-18-10-8-17(9-11-18)16-6-4-15(13-21)5-7-16/h4-11H,2-3,12,14H2,1H3,(H,22,23). The van der Waals surface area contributed by atoms with Crippen LogP contribution < -0.4 is 10.1 Å². The second kappa shape index (κ2) is 9.84. The minimum absolute atomic E-state index is 0.0889. The van der Waals surface area contributed by atoms with Gasteiger partial charge in [-0.15, -0.1) is 0 Å². The molecule has 0 heterocycles. The van der Waals surface area contributed by atoms with Crippen molar-refractivity contribution in [1.82, 2.24) is 5.32 Å². The van der Waals surface area contributed by atoms with Gasteiger partial charge in [0.25, 0.3) is 5.91 Å². The maximum Gasteiger partial charge on any atom is 0.305 e. The van der Waals surface area contributed by atoms with Crippen LogP contribution in [0.1, 0.15) is 18.4 Å². The Bertz CT molecular complexity index is 777. The number of nitriles is 1. The minimum Gasteiger partial charge on any atom is -0.484 e. The Morgan fingerprint density at radius 1 is 1.04 bits per heavy atom. The van der Waals surface area contributed by atoms with Crippen LogP contribution in [0.15, 0.2) is 48.5 Å². The third-order valence-electron chi connectivity index (χ3n) is 3.68. The van der Waals surface area contributed by atoms with Crippen LogP contribution in [0.3, 0.4) is 0 Å². The summed E-state index contributed by atoms with van der Waals surface area (Å²) in [4.78, 5) is 22.7. The molecule has 0 spiro atoms. The number of methoxy groups -OCH3 is 1. The number of esters is 1. The number of benzene rings is 2. The van der Waals surface area contributed by atoms with Gasteiger partial charge < -0.3 is 14.8 Å². The van der Waals surface area contributed by atoms with Gasteiger partial charge in [0.15, 0.2) is 6.61 Å². The Morgan fingerprint density at radius 3 is 2.23 bits per heavy atom. The number of nitrogens with zero attached hydrogens (tertiary/aromatic N) is 1. The van der Waals surface area contributed by atoms with Crippen molar-refractivity contribution >= 4 is 11.9 Å². The molecule has 2 rings (SSSR count). The number of rotatable bonds is 8. The fourth-order valence-corrected chi connectivity index (χ4v) is 2.24. The summed E-state index contributed by atoms with van der Waals surface area (Å²) in [6, 6.07) is 16.8. The topological polar surface area (TPSA) is 88.4 Å². The summed E-state index contributed by atoms with van der Waals surface area (Å²) >= 11 is 0. The third kappa shape index (κ3) is 5.95. The van der Waals surface area contributed by atoms with E-state index in [1.165, 1.54) is 7.11 Å². The summed E-state index contributed by atoms with van der Waals surface area (Å²) in [5.41, 5.74) is 2.61. The number of carbonyl (C=O) groups excluding carboxylic acids is 2. The highest BCUT2D eigenvalue weighted by Gasteiger charge is 2.05. The molecule has 0 aliphatic heterocycles. The highest BCUT2D eigenvalue weighted by Crippen LogP contribution is 2.22. The average Bonchev–Trinajstić information content (AvgIpc) is 2.70. The van der Waals surface area contributed by atoms with E-state index in [0.29, 0.717) is 24.3 Å². The zero-order valence-corrected chi connectivity index (χ0v) is 14.5. The molecular formula is C20H20N2O4. The summed E-state index contributed by atoms with van der Waals surface area (Å²) in [7, 11) is 1.33. The lowest BCUT2D eigenvalue weighted by atomic mass is 10.0. The van der Waals surface area contributed by atoms with Gasteiger partial charge in [-0.1, -0.05) is 24.3 Å². The van der Waals surface area contributed by atoms with Crippen LogP contribution >= 0.6 is 0 Å². The molecule has 0 saturated heterocycles. The first kappa shape index (κ1) is 19.0. The monoisotopic (exact) mass is 352 g/mol. The van der Waals surface area contributed by atoms with Gasteiger partial charge in [-0.05, 0) is 41.8 Å². The van der Waals surface area contributed by atoms with E-state index in [1.807, 2.05) is 24.3 Å². The van der Waals surface area contributed by atoms with Crippen molar-refractivity contribution in [3.8, 4) is 22.9 Å². The smallest absolute Gasteiger partial charge is 0.305 e. The van der Waals surface area contributed by atoms with Gasteiger partial charge in [-0.3, -0.25) is 9.59 Å². The van der Waals surface area contributed by atoms with Crippen molar-refractivity contribution in [3.63, 3.8) is 0 Å². The van der Waals surface area contributed by atoms with Crippen molar-refractivity contribution in [1.29, 1.82) is 5.26 Å². The van der Waals surface area contributed by atoms with Crippen LogP contribution in [-0.2, 0) is 14.3 Å². The molecule has 1 N–H and O–H groups in total. The quantitative estimate of drug-likeness (QED) is 0.583. The lowest BCUT2D eigenvalue weighted by Gasteiger charge is -2.08. The number of ether oxygens (including phenoxy) is 2. The van der Waals surface area contributed by atoms with Gasteiger partial charge in [-0.2, -0.15) is 5.26 Å². The Balaban J connectivity index is 1.77. The molecule has 26 heavy (non-hydrogen) atoms. The van der Waals surface area contributed by atoms with E-state index in [4.69, 9.17) is 10.00 Å². The van der Waals surface area contributed by atoms with Crippen LogP contribution in [0.5, 0.6) is 5.75 Å². The average molecular weight is 352 g/mol. The molecule has 2 aromatic rings. The first-order valence-corrected chi connectivity index (χ1v) is 8.19. The van der Waals surface area contributed by atoms with E-state index in [-0.39, 0.29) is 24.9 Å². The van der Waals surface area contributed by atoms with Crippen molar-refractivity contribution < 1.29 is 19.1 Å². The molecule has 0 aliphatic carbocycles. The summed E-state index contributed by atoms with van der Waals surface area (Å²) in [5.74, 6) is 0.0518. The summed E-state index contributed by atoms with van der Waals surface area (Å²) in [6.45, 7) is 0.309. The maximum atomic E-state index is 11.7. The fourth-order valence-electron chi connectivity index (χ4n) is 2.24. The number of nitrogens with one attached hydrogen (secondary N) is 1. The van der Waals surface area contributed by atoms with E-state index in [0.717, 1.165) is 11.1 Å². The normalized spacial score (nSPS) is 9.85. The number of hydrogen-bond acceptors (Lipinski definition) is 5. The first-order chi connectivity index (χ1) is 12.6. The number of carbonyl (C=O) groups is 2. The van der Waals surface area contributed by atoms with Gasteiger partial charge in [0.1, 0.15) is 5.75 Å². The second-order valence-electron chi connectivity index (χ2n) is 5.53. The van der Waals surface area contributed by atoms with E-state index < -0.39 is 0 Å². The molecular weight excluding hydrogens is 332 g/mol. The molecule has 0 saturated carbocycles. The van der Waals surface area contributed by atoms with Gasteiger partial charge in [-0.25, -0.2) is 0 Å². The van der Waals surface area contributed by atoms with Crippen LogP contribution in [0, 0.1) is 11.3 Å². The van der Waals surface area contributed by atoms with E-state index in [9.17, 15) is 9.59 Å². The van der Waals surface area contributed by atoms with Crippen molar-refractivity contribution in [2.45, 2.75) is 12.8 Å². The van der Waals surface area contributed by atoms with Gasteiger partial charge in [0, 0.05) is 13.0 Å². The fraction of sp³-hybridized carbons (Fsp3) is 0.250. The van der Waals surface area contributed by atoms with Crippen LogP contribution in [-0.4, -0.2) is 32.1 Å².